The van der Waals surface area contributed by atoms with Gasteiger partial charge < -0.3 is 14.6 Å². The third-order valence-electron chi connectivity index (χ3n) is 3.53. The van der Waals surface area contributed by atoms with Crippen LogP contribution < -0.4 is 0 Å². The SMILES string of the molecule is CC(C)(C)OC(=O)N1CC[C@@H](OCc2ccccc2)[C@H]1C(=O)O. The number of carboxylic acids is 1. The van der Waals surface area contributed by atoms with E-state index >= 15 is 0 Å². The van der Waals surface area contributed by atoms with Crippen LogP contribution in [0.1, 0.15) is 32.8 Å². The zero-order chi connectivity index (χ0) is 17.0. The van der Waals surface area contributed by atoms with Crippen molar-refractivity contribution < 1.29 is 24.2 Å². The van der Waals surface area contributed by atoms with Gasteiger partial charge in [-0.15, -0.1) is 0 Å². The van der Waals surface area contributed by atoms with Crippen LogP contribution in [-0.2, 0) is 20.9 Å². The molecule has 0 spiro atoms. The van der Waals surface area contributed by atoms with Gasteiger partial charge in [-0.1, -0.05) is 30.3 Å². The van der Waals surface area contributed by atoms with Gasteiger partial charge >= 0.3 is 12.1 Å². The zero-order valence-electron chi connectivity index (χ0n) is 13.7. The molecule has 6 nitrogen and oxygen atoms in total. The first kappa shape index (κ1) is 17.3. The molecular formula is C17H23NO5. The van der Waals surface area contributed by atoms with Crippen molar-refractivity contribution in [1.29, 1.82) is 0 Å². The lowest BCUT2D eigenvalue weighted by molar-refractivity contribution is -0.146. The Labute approximate surface area is 136 Å². The van der Waals surface area contributed by atoms with E-state index < -0.39 is 29.8 Å². The Kier molecular flexibility index (Phi) is 5.26. The summed E-state index contributed by atoms with van der Waals surface area (Å²) in [6.07, 6.45) is -0.681. The van der Waals surface area contributed by atoms with Gasteiger partial charge in [-0.05, 0) is 32.8 Å². The molecule has 0 radical (unpaired) electrons. The van der Waals surface area contributed by atoms with E-state index in [1.807, 2.05) is 30.3 Å². The molecule has 23 heavy (non-hydrogen) atoms. The molecule has 1 amide bonds. The van der Waals surface area contributed by atoms with Crippen LogP contribution in [0.4, 0.5) is 4.79 Å². The minimum Gasteiger partial charge on any atom is -0.480 e. The molecule has 0 bridgehead atoms. The number of rotatable bonds is 4. The second kappa shape index (κ2) is 7.00. The number of nitrogens with zero attached hydrogens (tertiary/aromatic N) is 1. The Bertz CT molecular complexity index is 552. The molecule has 1 saturated heterocycles. The van der Waals surface area contributed by atoms with Crippen LogP contribution in [-0.4, -0.2) is 46.4 Å². The molecule has 0 unspecified atom stereocenters. The highest BCUT2D eigenvalue weighted by Gasteiger charge is 2.44. The van der Waals surface area contributed by atoms with Gasteiger partial charge in [-0.25, -0.2) is 9.59 Å². The molecule has 1 aliphatic heterocycles. The third-order valence-corrected chi connectivity index (χ3v) is 3.53. The van der Waals surface area contributed by atoms with Crippen LogP contribution in [0.5, 0.6) is 0 Å². The average Bonchev–Trinajstić information content (AvgIpc) is 2.88. The number of carbonyl (C=O) groups is 2. The van der Waals surface area contributed by atoms with Crippen molar-refractivity contribution in [1.82, 2.24) is 4.90 Å². The van der Waals surface area contributed by atoms with E-state index in [0.717, 1.165) is 5.56 Å². The number of ether oxygens (including phenoxy) is 2. The van der Waals surface area contributed by atoms with Gasteiger partial charge in [0.25, 0.3) is 0 Å². The molecule has 1 aromatic carbocycles. The van der Waals surface area contributed by atoms with E-state index in [0.29, 0.717) is 19.6 Å². The number of amides is 1. The summed E-state index contributed by atoms with van der Waals surface area (Å²) in [5.41, 5.74) is 0.302. The lowest BCUT2D eigenvalue weighted by Crippen LogP contribution is -2.47. The molecule has 1 N–H and O–H groups in total. The lowest BCUT2D eigenvalue weighted by Gasteiger charge is -2.28. The van der Waals surface area contributed by atoms with Gasteiger partial charge in [0, 0.05) is 6.54 Å². The van der Waals surface area contributed by atoms with E-state index in [2.05, 4.69) is 0 Å². The minimum atomic E-state index is -1.08. The molecule has 0 aromatic heterocycles. The molecule has 2 rings (SSSR count). The smallest absolute Gasteiger partial charge is 0.411 e. The van der Waals surface area contributed by atoms with Crippen molar-refractivity contribution in [2.24, 2.45) is 0 Å². The maximum absolute atomic E-state index is 12.2. The van der Waals surface area contributed by atoms with Crippen molar-refractivity contribution in [3.05, 3.63) is 35.9 Å². The Morgan fingerprint density at radius 2 is 1.91 bits per heavy atom. The van der Waals surface area contributed by atoms with Gasteiger partial charge in [0.15, 0.2) is 6.04 Å². The van der Waals surface area contributed by atoms with Crippen molar-refractivity contribution in [2.45, 2.75) is 51.5 Å². The Balaban J connectivity index is 2.01. The van der Waals surface area contributed by atoms with Crippen molar-refractivity contribution in [3.8, 4) is 0 Å². The van der Waals surface area contributed by atoms with Crippen LogP contribution in [0.2, 0.25) is 0 Å². The fraction of sp³-hybridized carbons (Fsp3) is 0.529. The van der Waals surface area contributed by atoms with Crippen LogP contribution in [0.25, 0.3) is 0 Å². The van der Waals surface area contributed by atoms with E-state index in [4.69, 9.17) is 9.47 Å². The fourth-order valence-electron chi connectivity index (χ4n) is 2.53. The van der Waals surface area contributed by atoms with E-state index in [-0.39, 0.29) is 0 Å². The lowest BCUT2D eigenvalue weighted by atomic mass is 10.1. The number of benzene rings is 1. The van der Waals surface area contributed by atoms with Crippen LogP contribution in [0.15, 0.2) is 30.3 Å². The maximum atomic E-state index is 12.2. The Morgan fingerprint density at radius 3 is 2.48 bits per heavy atom. The van der Waals surface area contributed by atoms with Crippen LogP contribution in [0.3, 0.4) is 0 Å². The summed E-state index contributed by atoms with van der Waals surface area (Å²) >= 11 is 0. The molecule has 1 aliphatic rings. The highest BCUT2D eigenvalue weighted by Crippen LogP contribution is 2.25. The number of hydrogen-bond acceptors (Lipinski definition) is 4. The summed E-state index contributed by atoms with van der Waals surface area (Å²) < 4.78 is 11.0. The van der Waals surface area contributed by atoms with Crippen molar-refractivity contribution in [3.63, 3.8) is 0 Å². The predicted octanol–water partition coefficient (Wildman–Crippen LogP) is 2.67. The largest absolute Gasteiger partial charge is 0.480 e. The molecular weight excluding hydrogens is 298 g/mol. The fourth-order valence-corrected chi connectivity index (χ4v) is 2.53. The minimum absolute atomic E-state index is 0.311. The van der Waals surface area contributed by atoms with Crippen LogP contribution in [0, 0.1) is 0 Å². The van der Waals surface area contributed by atoms with Gasteiger partial charge in [0.1, 0.15) is 5.60 Å². The molecule has 6 heteroatoms. The average molecular weight is 321 g/mol. The summed E-state index contributed by atoms with van der Waals surface area (Å²) in [6.45, 7) is 5.88. The van der Waals surface area contributed by atoms with Crippen molar-refractivity contribution in [2.75, 3.05) is 6.54 Å². The van der Waals surface area contributed by atoms with E-state index in [1.54, 1.807) is 20.8 Å². The monoisotopic (exact) mass is 321 g/mol. The standard InChI is InChI=1S/C17H23NO5/c1-17(2,3)23-16(21)18-10-9-13(14(18)15(19)20)22-11-12-7-5-4-6-8-12/h4-8,13-14H,9-11H2,1-3H3,(H,19,20)/t13-,14+/m1/s1. The van der Waals surface area contributed by atoms with Gasteiger partial charge in [-0.3, -0.25) is 4.90 Å². The first-order chi connectivity index (χ1) is 10.8. The summed E-state index contributed by atoms with van der Waals surface area (Å²) in [4.78, 5) is 25.0. The Morgan fingerprint density at radius 1 is 1.26 bits per heavy atom. The molecule has 2 atom stereocenters. The van der Waals surface area contributed by atoms with Gasteiger partial charge in [0.2, 0.25) is 0 Å². The summed E-state index contributed by atoms with van der Waals surface area (Å²) in [6, 6.07) is 8.51. The van der Waals surface area contributed by atoms with Crippen molar-refractivity contribution >= 4 is 12.1 Å². The van der Waals surface area contributed by atoms with Gasteiger partial charge in [0.05, 0.1) is 12.7 Å². The first-order valence-electron chi connectivity index (χ1n) is 7.66. The van der Waals surface area contributed by atoms with Gasteiger partial charge in [-0.2, -0.15) is 0 Å². The number of likely N-dealkylation sites (tertiary alicyclic amines) is 1. The number of carboxylic acid groups (broad SMARTS) is 1. The van der Waals surface area contributed by atoms with E-state index in [1.165, 1.54) is 4.90 Å². The molecule has 1 heterocycles. The first-order valence-corrected chi connectivity index (χ1v) is 7.66. The Hall–Kier alpha value is -2.08. The molecule has 1 fully saturated rings. The summed E-state index contributed by atoms with van der Waals surface area (Å²) in [5.74, 6) is -1.08. The second-order valence-electron chi connectivity index (χ2n) is 6.58. The summed E-state index contributed by atoms with van der Waals surface area (Å²) in [7, 11) is 0. The predicted molar refractivity (Wildman–Crippen MR) is 84.0 cm³/mol. The quantitative estimate of drug-likeness (QED) is 0.922. The maximum Gasteiger partial charge on any atom is 0.411 e. The normalized spacial score (nSPS) is 21.3. The number of hydrogen-bond donors (Lipinski definition) is 1. The number of carbonyl (C=O) groups excluding carboxylic acids is 1. The molecule has 126 valence electrons. The topological polar surface area (TPSA) is 76.1 Å². The summed E-state index contributed by atoms with van der Waals surface area (Å²) in [5, 5.41) is 9.47. The van der Waals surface area contributed by atoms with Crippen LogP contribution >= 0.6 is 0 Å². The highest BCUT2D eigenvalue weighted by atomic mass is 16.6. The second-order valence-corrected chi connectivity index (χ2v) is 6.58. The third kappa shape index (κ3) is 4.69. The van der Waals surface area contributed by atoms with E-state index in [9.17, 15) is 14.7 Å². The highest BCUT2D eigenvalue weighted by molar-refractivity contribution is 5.81. The molecule has 0 saturated carbocycles. The zero-order valence-corrected chi connectivity index (χ0v) is 13.7. The number of aliphatic carboxylic acids is 1. The molecule has 1 aromatic rings. The molecule has 0 aliphatic carbocycles.